The molecule has 0 aromatic heterocycles. The fourth-order valence-electron chi connectivity index (χ4n) is 2.34. The van der Waals surface area contributed by atoms with Crippen LogP contribution < -0.4 is 10.6 Å². The van der Waals surface area contributed by atoms with Crippen LogP contribution in [0.2, 0.25) is 0 Å². The van der Waals surface area contributed by atoms with Gasteiger partial charge in [0.2, 0.25) is 5.91 Å². The van der Waals surface area contributed by atoms with E-state index in [9.17, 15) is 4.79 Å². The highest BCUT2D eigenvalue weighted by molar-refractivity contribution is 5.78. The maximum Gasteiger partial charge on any atom is 0.234 e. The Morgan fingerprint density at radius 2 is 2.20 bits per heavy atom. The van der Waals surface area contributed by atoms with Gasteiger partial charge in [-0.15, -0.1) is 0 Å². The van der Waals surface area contributed by atoms with Gasteiger partial charge in [0.1, 0.15) is 6.10 Å². The number of carbonyl (C=O) groups is 1. The molecule has 1 saturated heterocycles. The van der Waals surface area contributed by atoms with E-state index in [-0.39, 0.29) is 18.1 Å². The summed E-state index contributed by atoms with van der Waals surface area (Å²) in [6.07, 6.45) is 0.808. The Morgan fingerprint density at radius 1 is 1.40 bits per heavy atom. The van der Waals surface area contributed by atoms with Crippen molar-refractivity contribution in [3.05, 3.63) is 35.9 Å². The van der Waals surface area contributed by atoms with Gasteiger partial charge in [-0.25, -0.2) is 0 Å². The van der Waals surface area contributed by atoms with Crippen LogP contribution in [0.4, 0.5) is 0 Å². The van der Waals surface area contributed by atoms with Crippen molar-refractivity contribution in [2.24, 2.45) is 0 Å². The second-order valence-electron chi connectivity index (χ2n) is 4.83. The third-order valence-corrected chi connectivity index (χ3v) is 3.33. The minimum absolute atomic E-state index is 0.00228. The molecule has 2 atom stereocenters. The molecule has 2 N–H and O–H groups in total. The maximum absolute atomic E-state index is 11.9. The van der Waals surface area contributed by atoms with Crippen molar-refractivity contribution in [3.63, 3.8) is 0 Å². The fraction of sp³-hybridized carbons (Fsp3) is 0.533. The normalized spacial score (nSPS) is 21.9. The summed E-state index contributed by atoms with van der Waals surface area (Å²) in [5.74, 6) is -0.00228. The Morgan fingerprint density at radius 3 is 2.95 bits per heavy atom. The molecule has 1 fully saturated rings. The summed E-state index contributed by atoms with van der Waals surface area (Å²) in [5.41, 5.74) is 1.11. The number of nitrogens with one attached hydrogen (secondary N) is 2. The highest BCUT2D eigenvalue weighted by Crippen LogP contribution is 2.28. The van der Waals surface area contributed by atoms with E-state index < -0.39 is 0 Å². The van der Waals surface area contributed by atoms with Gasteiger partial charge in [0.15, 0.2) is 0 Å². The van der Waals surface area contributed by atoms with Crippen LogP contribution in [0.1, 0.15) is 18.1 Å². The molecular weight excluding hydrogens is 256 g/mol. The lowest BCUT2D eigenvalue weighted by atomic mass is 10.0. The van der Waals surface area contributed by atoms with Crippen molar-refractivity contribution in [2.45, 2.75) is 18.6 Å². The lowest BCUT2D eigenvalue weighted by molar-refractivity contribution is -0.121. The van der Waals surface area contributed by atoms with Crippen LogP contribution in [-0.4, -0.2) is 45.4 Å². The summed E-state index contributed by atoms with van der Waals surface area (Å²) in [6.45, 7) is 2.27. The van der Waals surface area contributed by atoms with Gasteiger partial charge in [-0.1, -0.05) is 30.3 Å². The molecule has 1 aliphatic heterocycles. The van der Waals surface area contributed by atoms with Crippen molar-refractivity contribution in [1.29, 1.82) is 0 Å². The van der Waals surface area contributed by atoms with E-state index in [2.05, 4.69) is 10.6 Å². The molecule has 1 aromatic carbocycles. The summed E-state index contributed by atoms with van der Waals surface area (Å²) >= 11 is 0. The summed E-state index contributed by atoms with van der Waals surface area (Å²) < 4.78 is 10.7. The molecule has 5 heteroatoms. The number of carbonyl (C=O) groups excluding carboxylic acids is 1. The van der Waals surface area contributed by atoms with Gasteiger partial charge in [-0.2, -0.15) is 0 Å². The van der Waals surface area contributed by atoms with Gasteiger partial charge in [0, 0.05) is 20.3 Å². The number of benzene rings is 1. The van der Waals surface area contributed by atoms with Crippen molar-refractivity contribution in [3.8, 4) is 0 Å². The molecule has 2 rings (SSSR count). The zero-order chi connectivity index (χ0) is 14.2. The van der Waals surface area contributed by atoms with Crippen molar-refractivity contribution in [2.75, 3.05) is 33.4 Å². The van der Waals surface area contributed by atoms with E-state index in [1.54, 1.807) is 7.11 Å². The summed E-state index contributed by atoms with van der Waals surface area (Å²) in [6, 6.07) is 10.1. The zero-order valence-electron chi connectivity index (χ0n) is 11.8. The van der Waals surface area contributed by atoms with Gasteiger partial charge in [-0.3, -0.25) is 4.79 Å². The minimum atomic E-state index is -0.0425. The number of amides is 1. The average molecular weight is 278 g/mol. The average Bonchev–Trinajstić information content (AvgIpc) is 2.92. The fourth-order valence-corrected chi connectivity index (χ4v) is 2.34. The van der Waals surface area contributed by atoms with Crippen LogP contribution >= 0.6 is 0 Å². The Labute approximate surface area is 119 Å². The molecule has 0 saturated carbocycles. The smallest absolute Gasteiger partial charge is 0.234 e. The first kappa shape index (κ1) is 15.0. The zero-order valence-corrected chi connectivity index (χ0v) is 11.8. The number of ether oxygens (including phenoxy) is 2. The molecule has 20 heavy (non-hydrogen) atoms. The van der Waals surface area contributed by atoms with Crippen molar-refractivity contribution in [1.82, 2.24) is 10.6 Å². The monoisotopic (exact) mass is 278 g/mol. The number of hydrogen-bond acceptors (Lipinski definition) is 4. The lowest BCUT2D eigenvalue weighted by Crippen LogP contribution is -2.42. The first-order valence-corrected chi connectivity index (χ1v) is 6.97. The van der Waals surface area contributed by atoms with E-state index in [0.29, 0.717) is 26.3 Å². The van der Waals surface area contributed by atoms with Crippen LogP contribution in [0.25, 0.3) is 0 Å². The van der Waals surface area contributed by atoms with E-state index >= 15 is 0 Å². The van der Waals surface area contributed by atoms with Crippen LogP contribution in [0.5, 0.6) is 0 Å². The Kier molecular flexibility index (Phi) is 5.98. The molecule has 0 aliphatic carbocycles. The topological polar surface area (TPSA) is 59.6 Å². The van der Waals surface area contributed by atoms with Gasteiger partial charge in [0.25, 0.3) is 0 Å². The maximum atomic E-state index is 11.9. The van der Waals surface area contributed by atoms with Gasteiger partial charge >= 0.3 is 0 Å². The SMILES string of the molecule is COCCNCC(=O)NC1CCOC1c1ccccc1. The second kappa shape index (κ2) is 7.99. The standard InChI is InChI=1S/C15H22N2O3/c1-19-10-8-16-11-14(18)17-13-7-9-20-15(13)12-5-3-2-4-6-12/h2-6,13,15-16H,7-11H2,1H3,(H,17,18). The number of hydrogen-bond donors (Lipinski definition) is 2. The van der Waals surface area contributed by atoms with E-state index in [1.807, 2.05) is 30.3 Å². The highest BCUT2D eigenvalue weighted by atomic mass is 16.5. The van der Waals surface area contributed by atoms with Crippen LogP contribution in [0.3, 0.4) is 0 Å². The Hall–Kier alpha value is -1.43. The predicted molar refractivity (Wildman–Crippen MR) is 76.4 cm³/mol. The minimum Gasteiger partial charge on any atom is -0.383 e. The van der Waals surface area contributed by atoms with Gasteiger partial charge < -0.3 is 20.1 Å². The highest BCUT2D eigenvalue weighted by Gasteiger charge is 2.30. The molecular formula is C15H22N2O3. The third kappa shape index (κ3) is 4.30. The van der Waals surface area contributed by atoms with E-state index in [4.69, 9.17) is 9.47 Å². The number of rotatable bonds is 7. The molecule has 5 nitrogen and oxygen atoms in total. The Bertz CT molecular complexity index is 411. The van der Waals surface area contributed by atoms with Crippen molar-refractivity contribution < 1.29 is 14.3 Å². The molecule has 0 bridgehead atoms. The summed E-state index contributed by atoms with van der Waals surface area (Å²) in [7, 11) is 1.64. The summed E-state index contributed by atoms with van der Waals surface area (Å²) in [4.78, 5) is 11.9. The summed E-state index contributed by atoms with van der Waals surface area (Å²) in [5, 5.41) is 6.07. The van der Waals surface area contributed by atoms with Crippen LogP contribution in [-0.2, 0) is 14.3 Å². The van der Waals surface area contributed by atoms with Gasteiger partial charge in [-0.05, 0) is 12.0 Å². The van der Waals surface area contributed by atoms with E-state index in [1.165, 1.54) is 0 Å². The van der Waals surface area contributed by atoms with Crippen molar-refractivity contribution >= 4 is 5.91 Å². The quantitative estimate of drug-likeness (QED) is 0.727. The molecule has 1 heterocycles. The van der Waals surface area contributed by atoms with Crippen LogP contribution in [0.15, 0.2) is 30.3 Å². The largest absolute Gasteiger partial charge is 0.383 e. The first-order chi connectivity index (χ1) is 9.81. The molecule has 2 unspecified atom stereocenters. The molecule has 1 aliphatic rings. The molecule has 0 radical (unpaired) electrons. The molecule has 1 aromatic rings. The third-order valence-electron chi connectivity index (χ3n) is 3.33. The first-order valence-electron chi connectivity index (χ1n) is 6.97. The second-order valence-corrected chi connectivity index (χ2v) is 4.83. The molecule has 1 amide bonds. The predicted octanol–water partition coefficient (Wildman–Crippen LogP) is 0.869. The lowest BCUT2D eigenvalue weighted by Gasteiger charge is -2.20. The van der Waals surface area contributed by atoms with E-state index in [0.717, 1.165) is 12.0 Å². The molecule has 0 spiro atoms. The molecule has 110 valence electrons. The van der Waals surface area contributed by atoms with Gasteiger partial charge in [0.05, 0.1) is 19.2 Å². The number of methoxy groups -OCH3 is 1. The Balaban J connectivity index is 1.81. The van der Waals surface area contributed by atoms with Crippen LogP contribution in [0, 0.1) is 0 Å².